The van der Waals surface area contributed by atoms with Crippen LogP contribution in [0, 0.1) is 17.1 Å². The van der Waals surface area contributed by atoms with Crippen LogP contribution in [0.15, 0.2) is 18.2 Å². The molecule has 0 aliphatic heterocycles. The van der Waals surface area contributed by atoms with E-state index in [-0.39, 0.29) is 10.6 Å². The van der Waals surface area contributed by atoms with Crippen molar-refractivity contribution in [2.24, 2.45) is 0 Å². The number of nitrogens with one attached hydrogen (secondary N) is 1. The van der Waals surface area contributed by atoms with Crippen molar-refractivity contribution in [2.75, 3.05) is 0 Å². The van der Waals surface area contributed by atoms with E-state index in [2.05, 4.69) is 11.4 Å². The minimum absolute atomic E-state index is 0.149. The van der Waals surface area contributed by atoms with Gasteiger partial charge in [0, 0.05) is 5.02 Å². The molecule has 5 heteroatoms. The highest BCUT2D eigenvalue weighted by atomic mass is 35.5. The van der Waals surface area contributed by atoms with E-state index in [0.29, 0.717) is 12.8 Å². The fourth-order valence-electron chi connectivity index (χ4n) is 1.57. The lowest BCUT2D eigenvalue weighted by Crippen LogP contribution is -2.46. The van der Waals surface area contributed by atoms with Gasteiger partial charge in [-0.2, -0.15) is 5.26 Å². The molecule has 0 heterocycles. The molecule has 0 unspecified atom stereocenters. The van der Waals surface area contributed by atoms with Crippen molar-refractivity contribution in [1.29, 1.82) is 5.26 Å². The first-order chi connectivity index (χ1) is 8.48. The van der Waals surface area contributed by atoms with Gasteiger partial charge in [-0.25, -0.2) is 4.39 Å². The molecule has 0 aliphatic rings. The van der Waals surface area contributed by atoms with E-state index >= 15 is 0 Å². The van der Waals surface area contributed by atoms with Gasteiger partial charge in [0.05, 0.1) is 11.6 Å². The second-order valence-electron chi connectivity index (χ2n) is 3.98. The number of amides is 1. The van der Waals surface area contributed by atoms with E-state index in [1.165, 1.54) is 12.1 Å². The molecular weight excluding hydrogens is 255 g/mol. The summed E-state index contributed by atoms with van der Waals surface area (Å²) in [5.74, 6) is -1.28. The average Bonchev–Trinajstić information content (AvgIpc) is 2.38. The summed E-state index contributed by atoms with van der Waals surface area (Å²) in [6, 6.07) is 5.81. The van der Waals surface area contributed by atoms with Crippen molar-refractivity contribution in [1.82, 2.24) is 5.32 Å². The van der Waals surface area contributed by atoms with Gasteiger partial charge >= 0.3 is 0 Å². The number of carbonyl (C=O) groups is 1. The summed E-state index contributed by atoms with van der Waals surface area (Å²) in [5, 5.41) is 12.0. The number of benzene rings is 1. The van der Waals surface area contributed by atoms with Crippen LogP contribution in [0.5, 0.6) is 0 Å². The van der Waals surface area contributed by atoms with Gasteiger partial charge in [0.25, 0.3) is 5.91 Å². The largest absolute Gasteiger partial charge is 0.334 e. The molecule has 0 atom stereocenters. The molecule has 1 aromatic rings. The monoisotopic (exact) mass is 268 g/mol. The van der Waals surface area contributed by atoms with E-state index in [0.717, 1.165) is 6.07 Å². The number of hydrogen-bond acceptors (Lipinski definition) is 2. The van der Waals surface area contributed by atoms with Crippen LogP contribution in [0.3, 0.4) is 0 Å². The Morgan fingerprint density at radius 3 is 2.61 bits per heavy atom. The summed E-state index contributed by atoms with van der Waals surface area (Å²) in [5.41, 5.74) is -1.12. The lowest BCUT2D eigenvalue weighted by Gasteiger charge is -2.25. The molecule has 96 valence electrons. The quantitative estimate of drug-likeness (QED) is 0.911. The second kappa shape index (κ2) is 5.83. The second-order valence-corrected chi connectivity index (χ2v) is 4.42. The number of rotatable bonds is 4. The predicted octanol–water partition coefficient (Wildman–Crippen LogP) is 3.29. The molecule has 0 aromatic heterocycles. The third kappa shape index (κ3) is 2.99. The Hall–Kier alpha value is -1.60. The first kappa shape index (κ1) is 14.5. The SMILES string of the molecule is CCC(C#N)(CC)NC(=O)c1cc(Cl)ccc1F. The zero-order chi connectivity index (χ0) is 13.8. The molecule has 0 aliphatic carbocycles. The first-order valence-corrected chi connectivity index (χ1v) is 6.04. The molecule has 1 amide bonds. The Balaban J connectivity index is 3.02. The molecule has 0 saturated heterocycles. The maximum Gasteiger partial charge on any atom is 0.255 e. The lowest BCUT2D eigenvalue weighted by molar-refractivity contribution is 0.0911. The van der Waals surface area contributed by atoms with Crippen molar-refractivity contribution >= 4 is 17.5 Å². The fraction of sp³-hybridized carbons (Fsp3) is 0.385. The van der Waals surface area contributed by atoms with Crippen molar-refractivity contribution < 1.29 is 9.18 Å². The summed E-state index contributed by atoms with van der Waals surface area (Å²) >= 11 is 5.72. The number of carbonyl (C=O) groups excluding carboxylic acids is 1. The van der Waals surface area contributed by atoms with E-state index in [9.17, 15) is 9.18 Å². The van der Waals surface area contributed by atoms with Gasteiger partial charge in [0.2, 0.25) is 0 Å². The van der Waals surface area contributed by atoms with Gasteiger partial charge in [0.1, 0.15) is 11.4 Å². The van der Waals surface area contributed by atoms with Crippen molar-refractivity contribution in [3.63, 3.8) is 0 Å². The standard InChI is InChI=1S/C13H14ClFN2O/c1-3-13(4-2,8-16)17-12(18)10-7-9(14)5-6-11(10)15/h5-7H,3-4H2,1-2H3,(H,17,18). The Morgan fingerprint density at radius 2 is 2.11 bits per heavy atom. The van der Waals surface area contributed by atoms with E-state index in [1.807, 2.05) is 0 Å². The summed E-state index contributed by atoms with van der Waals surface area (Å²) in [6.07, 6.45) is 0.905. The fourth-order valence-corrected chi connectivity index (χ4v) is 1.74. The van der Waals surface area contributed by atoms with E-state index in [1.54, 1.807) is 13.8 Å². The molecule has 3 nitrogen and oxygen atoms in total. The van der Waals surface area contributed by atoms with E-state index < -0.39 is 17.3 Å². The van der Waals surface area contributed by atoms with Crippen LogP contribution in [-0.2, 0) is 0 Å². The summed E-state index contributed by atoms with van der Waals surface area (Å²) in [4.78, 5) is 11.9. The lowest BCUT2D eigenvalue weighted by atomic mass is 9.94. The minimum Gasteiger partial charge on any atom is -0.334 e. The molecule has 0 fully saturated rings. The van der Waals surface area contributed by atoms with Crippen molar-refractivity contribution in [3.8, 4) is 6.07 Å². The van der Waals surface area contributed by atoms with Crippen LogP contribution in [0.25, 0.3) is 0 Å². The summed E-state index contributed by atoms with van der Waals surface area (Å²) in [6.45, 7) is 3.59. The first-order valence-electron chi connectivity index (χ1n) is 5.67. The third-order valence-electron chi connectivity index (χ3n) is 2.95. The van der Waals surface area contributed by atoms with Gasteiger partial charge in [0.15, 0.2) is 0 Å². The molecular formula is C13H14ClFN2O. The summed E-state index contributed by atoms with van der Waals surface area (Å²) in [7, 11) is 0. The van der Waals surface area contributed by atoms with Gasteiger partial charge in [-0.1, -0.05) is 25.4 Å². The molecule has 0 radical (unpaired) electrons. The van der Waals surface area contributed by atoms with Gasteiger partial charge < -0.3 is 5.32 Å². The van der Waals surface area contributed by atoms with Crippen LogP contribution >= 0.6 is 11.6 Å². The minimum atomic E-state index is -0.966. The van der Waals surface area contributed by atoms with Gasteiger partial charge in [-0.3, -0.25) is 4.79 Å². The molecule has 0 spiro atoms. The highest BCUT2D eigenvalue weighted by molar-refractivity contribution is 6.31. The topological polar surface area (TPSA) is 52.9 Å². The molecule has 1 aromatic carbocycles. The maximum absolute atomic E-state index is 13.5. The van der Waals surface area contributed by atoms with Gasteiger partial charge in [-0.15, -0.1) is 0 Å². The van der Waals surface area contributed by atoms with Crippen molar-refractivity contribution in [2.45, 2.75) is 32.2 Å². The Bertz CT molecular complexity index is 492. The molecule has 0 bridgehead atoms. The number of nitriles is 1. The average molecular weight is 269 g/mol. The normalized spacial score (nSPS) is 10.8. The Labute approximate surface area is 111 Å². The van der Waals surface area contributed by atoms with Crippen molar-refractivity contribution in [3.05, 3.63) is 34.6 Å². The molecule has 1 N–H and O–H groups in total. The highest BCUT2D eigenvalue weighted by Gasteiger charge is 2.29. The van der Waals surface area contributed by atoms with Gasteiger partial charge in [-0.05, 0) is 31.0 Å². The van der Waals surface area contributed by atoms with Crippen LogP contribution in [0.2, 0.25) is 5.02 Å². The molecule has 18 heavy (non-hydrogen) atoms. The molecule has 1 rings (SSSR count). The maximum atomic E-state index is 13.5. The smallest absolute Gasteiger partial charge is 0.255 e. The number of hydrogen-bond donors (Lipinski definition) is 1. The zero-order valence-corrected chi connectivity index (χ0v) is 11.0. The number of halogens is 2. The zero-order valence-electron chi connectivity index (χ0n) is 10.3. The van der Waals surface area contributed by atoms with E-state index in [4.69, 9.17) is 16.9 Å². The molecule has 0 saturated carbocycles. The highest BCUT2D eigenvalue weighted by Crippen LogP contribution is 2.18. The third-order valence-corrected chi connectivity index (χ3v) is 3.18. The Kier molecular flexibility index (Phi) is 4.69. The van der Waals surface area contributed by atoms with Crippen LogP contribution < -0.4 is 5.32 Å². The number of nitrogens with zero attached hydrogens (tertiary/aromatic N) is 1. The Morgan fingerprint density at radius 1 is 1.50 bits per heavy atom. The summed E-state index contributed by atoms with van der Waals surface area (Å²) < 4.78 is 13.5. The van der Waals surface area contributed by atoms with Crippen LogP contribution in [0.1, 0.15) is 37.0 Å². The van der Waals surface area contributed by atoms with Crippen LogP contribution in [-0.4, -0.2) is 11.4 Å². The predicted molar refractivity (Wildman–Crippen MR) is 67.8 cm³/mol. The van der Waals surface area contributed by atoms with Crippen LogP contribution in [0.4, 0.5) is 4.39 Å².